The van der Waals surface area contributed by atoms with Gasteiger partial charge < -0.3 is 0 Å². The third-order valence-electron chi connectivity index (χ3n) is 4.43. The summed E-state index contributed by atoms with van der Waals surface area (Å²) in [5.74, 6) is 2.73. The molecule has 0 bridgehead atoms. The zero-order valence-corrected chi connectivity index (χ0v) is 13.0. The van der Waals surface area contributed by atoms with Gasteiger partial charge in [-0.1, -0.05) is 43.2 Å². The molecule has 0 saturated heterocycles. The minimum atomic E-state index is 0.742. The Morgan fingerprint density at radius 2 is 1.64 bits per heavy atom. The van der Waals surface area contributed by atoms with Gasteiger partial charge in [0.15, 0.2) is 0 Å². The Morgan fingerprint density at radius 1 is 0.909 bits per heavy atom. The minimum absolute atomic E-state index is 0.742. The van der Waals surface area contributed by atoms with Gasteiger partial charge in [-0.05, 0) is 36.8 Å². The summed E-state index contributed by atoms with van der Waals surface area (Å²) in [6.07, 6.45) is 14.4. The van der Waals surface area contributed by atoms with Crippen molar-refractivity contribution in [2.75, 3.05) is 0 Å². The van der Waals surface area contributed by atoms with E-state index < -0.39 is 0 Å². The molecular formula is C20H22N2. The molecular weight excluding hydrogens is 268 g/mol. The lowest BCUT2D eigenvalue weighted by molar-refractivity contribution is 0.607. The lowest BCUT2D eigenvalue weighted by atomic mass is 9.89. The molecule has 2 aromatic rings. The first-order valence-electron chi connectivity index (χ1n) is 8.26. The molecule has 0 spiro atoms. The van der Waals surface area contributed by atoms with Gasteiger partial charge in [0.05, 0.1) is 11.4 Å². The molecule has 1 heterocycles. The van der Waals surface area contributed by atoms with Gasteiger partial charge in [0.1, 0.15) is 0 Å². The molecule has 1 aliphatic rings. The van der Waals surface area contributed by atoms with Crippen LogP contribution in [0.1, 0.15) is 48.9 Å². The van der Waals surface area contributed by atoms with Crippen molar-refractivity contribution in [2.45, 2.75) is 51.4 Å². The fourth-order valence-corrected chi connectivity index (χ4v) is 3.29. The predicted molar refractivity (Wildman–Crippen MR) is 90.5 cm³/mol. The van der Waals surface area contributed by atoms with Gasteiger partial charge in [-0.3, -0.25) is 0 Å². The molecule has 2 nitrogen and oxygen atoms in total. The highest BCUT2D eigenvalue weighted by Gasteiger charge is 2.18. The maximum atomic E-state index is 5.43. The first-order chi connectivity index (χ1) is 10.9. The van der Waals surface area contributed by atoms with Crippen LogP contribution in [0.5, 0.6) is 0 Å². The second-order valence-corrected chi connectivity index (χ2v) is 5.94. The van der Waals surface area contributed by atoms with E-state index in [0.717, 1.165) is 37.1 Å². The lowest BCUT2D eigenvalue weighted by Crippen LogP contribution is -2.10. The van der Waals surface area contributed by atoms with E-state index in [9.17, 15) is 0 Å². The largest absolute Gasteiger partial charge is 0.155 e. The van der Waals surface area contributed by atoms with Crippen LogP contribution < -0.4 is 0 Å². The Balaban J connectivity index is 2.08. The van der Waals surface area contributed by atoms with Gasteiger partial charge >= 0.3 is 0 Å². The van der Waals surface area contributed by atoms with Crippen molar-refractivity contribution in [1.29, 1.82) is 0 Å². The topological polar surface area (TPSA) is 25.8 Å². The molecule has 0 fully saturated rings. The number of fused-ring (bicyclic) bond motifs is 1. The number of benzene rings is 1. The van der Waals surface area contributed by atoms with Crippen molar-refractivity contribution < 1.29 is 0 Å². The summed E-state index contributed by atoms with van der Waals surface area (Å²) in [5.41, 5.74) is 6.20. The number of aryl methyl sites for hydroxylation is 1. The number of nitrogens with zero attached hydrogens (tertiary/aromatic N) is 2. The molecule has 0 unspecified atom stereocenters. The van der Waals surface area contributed by atoms with Crippen LogP contribution in [0.2, 0.25) is 0 Å². The van der Waals surface area contributed by atoms with Crippen molar-refractivity contribution in [3.63, 3.8) is 0 Å². The number of rotatable bonds is 3. The molecule has 2 heteroatoms. The van der Waals surface area contributed by atoms with E-state index in [1.165, 1.54) is 42.4 Å². The maximum absolute atomic E-state index is 5.43. The lowest BCUT2D eigenvalue weighted by Gasteiger charge is -2.19. The van der Waals surface area contributed by atoms with Crippen LogP contribution in [-0.2, 0) is 19.3 Å². The molecule has 0 amide bonds. The highest BCUT2D eigenvalue weighted by molar-refractivity contribution is 5.64. The highest BCUT2D eigenvalue weighted by atomic mass is 15.1. The first-order valence-corrected chi connectivity index (χ1v) is 8.26. The van der Waals surface area contributed by atoms with E-state index in [0.29, 0.717) is 0 Å². The Kier molecular flexibility index (Phi) is 4.85. The molecule has 3 rings (SSSR count). The molecule has 112 valence electrons. The summed E-state index contributed by atoms with van der Waals surface area (Å²) in [6.45, 7) is 0. The van der Waals surface area contributed by atoms with Crippen LogP contribution in [0.15, 0.2) is 30.3 Å². The third-order valence-corrected chi connectivity index (χ3v) is 4.43. The van der Waals surface area contributed by atoms with Gasteiger partial charge in [0.25, 0.3) is 0 Å². The quantitative estimate of drug-likeness (QED) is 0.785. The van der Waals surface area contributed by atoms with E-state index in [2.05, 4.69) is 40.4 Å². The Morgan fingerprint density at radius 3 is 2.36 bits per heavy atom. The van der Waals surface area contributed by atoms with Crippen LogP contribution in [-0.4, -0.2) is 10.2 Å². The van der Waals surface area contributed by atoms with Crippen LogP contribution in [0.25, 0.3) is 11.3 Å². The summed E-state index contributed by atoms with van der Waals surface area (Å²) in [7, 11) is 0. The molecule has 0 atom stereocenters. The van der Waals surface area contributed by atoms with E-state index >= 15 is 0 Å². The molecule has 0 saturated carbocycles. The SMILES string of the molecule is C#CCCc1nnc(-c2ccccc2)c2c1CCCCCC2. The fourth-order valence-electron chi connectivity index (χ4n) is 3.29. The molecule has 1 aromatic carbocycles. The smallest absolute Gasteiger partial charge is 0.0964 e. The van der Waals surface area contributed by atoms with Crippen molar-refractivity contribution in [3.8, 4) is 23.6 Å². The van der Waals surface area contributed by atoms with Crippen LogP contribution in [0.3, 0.4) is 0 Å². The van der Waals surface area contributed by atoms with Crippen molar-refractivity contribution in [3.05, 3.63) is 47.2 Å². The summed E-state index contributed by atoms with van der Waals surface area (Å²) in [5, 5.41) is 9.10. The van der Waals surface area contributed by atoms with Crippen molar-refractivity contribution in [1.82, 2.24) is 10.2 Å². The third kappa shape index (κ3) is 3.20. The van der Waals surface area contributed by atoms with Crippen LogP contribution in [0.4, 0.5) is 0 Å². The number of terminal acetylenes is 1. The Bertz CT molecular complexity index is 668. The van der Waals surface area contributed by atoms with E-state index in [1.54, 1.807) is 0 Å². The van der Waals surface area contributed by atoms with Crippen LogP contribution >= 0.6 is 0 Å². The first kappa shape index (κ1) is 14.8. The van der Waals surface area contributed by atoms with Gasteiger partial charge in [0, 0.05) is 18.4 Å². The Labute approximate surface area is 133 Å². The Hall–Kier alpha value is -2.14. The normalized spacial score (nSPS) is 14.5. The van der Waals surface area contributed by atoms with Gasteiger partial charge in [0.2, 0.25) is 0 Å². The standard InChI is InChI=1S/C20H22N2/c1-2-3-15-19-17-13-9-4-5-10-14-18(17)20(22-21-19)16-11-7-6-8-12-16/h1,6-8,11-12H,3-5,9-10,13-15H2. The molecule has 1 aliphatic carbocycles. The summed E-state index contributed by atoms with van der Waals surface area (Å²) < 4.78 is 0. The molecule has 22 heavy (non-hydrogen) atoms. The maximum Gasteiger partial charge on any atom is 0.0964 e. The average molecular weight is 290 g/mol. The van der Waals surface area contributed by atoms with Gasteiger partial charge in [-0.15, -0.1) is 17.4 Å². The summed E-state index contributed by atoms with van der Waals surface area (Å²) >= 11 is 0. The van der Waals surface area contributed by atoms with Crippen molar-refractivity contribution >= 4 is 0 Å². The molecule has 0 N–H and O–H groups in total. The highest BCUT2D eigenvalue weighted by Crippen LogP contribution is 2.30. The second-order valence-electron chi connectivity index (χ2n) is 5.94. The number of aromatic nitrogens is 2. The minimum Gasteiger partial charge on any atom is -0.155 e. The average Bonchev–Trinajstić information content (AvgIpc) is 2.54. The zero-order valence-electron chi connectivity index (χ0n) is 13.0. The van der Waals surface area contributed by atoms with Gasteiger partial charge in [-0.2, -0.15) is 5.10 Å². The van der Waals surface area contributed by atoms with Gasteiger partial charge in [-0.25, -0.2) is 0 Å². The number of hydrogen-bond acceptors (Lipinski definition) is 2. The van der Waals surface area contributed by atoms with E-state index in [-0.39, 0.29) is 0 Å². The van der Waals surface area contributed by atoms with E-state index in [1.807, 2.05) is 6.07 Å². The second kappa shape index (κ2) is 7.22. The molecule has 1 aromatic heterocycles. The summed E-state index contributed by atoms with van der Waals surface area (Å²) in [4.78, 5) is 0. The summed E-state index contributed by atoms with van der Waals surface area (Å²) in [6, 6.07) is 10.4. The zero-order chi connectivity index (χ0) is 15.2. The van der Waals surface area contributed by atoms with E-state index in [4.69, 9.17) is 6.42 Å². The van der Waals surface area contributed by atoms with Crippen LogP contribution in [0, 0.1) is 12.3 Å². The molecule has 0 radical (unpaired) electrons. The van der Waals surface area contributed by atoms with Crippen molar-refractivity contribution in [2.24, 2.45) is 0 Å². The monoisotopic (exact) mass is 290 g/mol. The fraction of sp³-hybridized carbons (Fsp3) is 0.400. The predicted octanol–water partition coefficient (Wildman–Crippen LogP) is 4.37. The molecule has 0 aliphatic heterocycles. The number of hydrogen-bond donors (Lipinski definition) is 0.